The number of rotatable bonds is 6. The van der Waals surface area contributed by atoms with Gasteiger partial charge in [-0.25, -0.2) is 8.77 Å². The molecule has 0 saturated carbocycles. The smallest absolute Gasteiger partial charge is 0.302 e. The van der Waals surface area contributed by atoms with Crippen LogP contribution in [0.5, 0.6) is 0 Å². The van der Waals surface area contributed by atoms with Gasteiger partial charge in [-0.15, -0.1) is 0 Å². The Bertz CT molecular complexity index is 270. The predicted molar refractivity (Wildman–Crippen MR) is 66.7 cm³/mol. The zero-order chi connectivity index (χ0) is 13.2. The maximum atomic E-state index is 10.9. The number of phosphoric ester groups is 1. The topological polar surface area (TPSA) is 72.8 Å². The summed E-state index contributed by atoms with van der Waals surface area (Å²) in [7, 11) is -4.08. The molecular formula is C7H15Cl2O5PS. The van der Waals surface area contributed by atoms with Gasteiger partial charge in [0.05, 0.1) is 11.1 Å². The van der Waals surface area contributed by atoms with Crippen LogP contribution in [0.3, 0.4) is 0 Å². The minimum atomic E-state index is -4.08. The molecule has 0 rings (SSSR count). The van der Waals surface area contributed by atoms with Gasteiger partial charge >= 0.3 is 7.82 Å². The molecule has 0 aromatic carbocycles. The van der Waals surface area contributed by atoms with Gasteiger partial charge in [-0.1, -0.05) is 43.6 Å². The molecule has 2 atom stereocenters. The SMILES string of the molecule is C=C(Cl)Cl.CCCOP(=O)(O)OS(=O)CC. The molecule has 0 amide bonds. The van der Waals surface area contributed by atoms with Crippen molar-refractivity contribution in [2.75, 3.05) is 12.4 Å². The van der Waals surface area contributed by atoms with E-state index in [0.717, 1.165) is 0 Å². The van der Waals surface area contributed by atoms with Crippen molar-refractivity contribution < 1.29 is 22.2 Å². The lowest BCUT2D eigenvalue weighted by Crippen LogP contribution is -2.00. The summed E-state index contributed by atoms with van der Waals surface area (Å²) in [5.74, 6) is 0.167. The van der Waals surface area contributed by atoms with Crippen LogP contribution in [0.25, 0.3) is 0 Å². The van der Waals surface area contributed by atoms with E-state index in [-0.39, 0.29) is 16.9 Å². The summed E-state index contributed by atoms with van der Waals surface area (Å²) in [5.41, 5.74) is 0. The Hall–Kier alpha value is 0.580. The molecule has 0 saturated heterocycles. The van der Waals surface area contributed by atoms with Crippen molar-refractivity contribution in [1.29, 1.82) is 0 Å². The highest BCUT2D eigenvalue weighted by Crippen LogP contribution is 2.44. The Kier molecular flexibility index (Phi) is 12.7. The molecule has 5 nitrogen and oxygen atoms in total. The van der Waals surface area contributed by atoms with Crippen molar-refractivity contribution in [3.8, 4) is 0 Å². The lowest BCUT2D eigenvalue weighted by Gasteiger charge is -2.08. The van der Waals surface area contributed by atoms with E-state index in [4.69, 9.17) is 28.1 Å². The first-order valence-corrected chi connectivity index (χ1v) is 7.80. The molecule has 0 aliphatic rings. The van der Waals surface area contributed by atoms with Crippen molar-refractivity contribution in [3.63, 3.8) is 0 Å². The number of hydrogen-bond acceptors (Lipinski definition) is 4. The molecule has 0 aromatic rings. The fourth-order valence-corrected chi connectivity index (χ4v) is 2.23. The third-order valence-electron chi connectivity index (χ3n) is 0.872. The molecule has 0 heterocycles. The molecule has 98 valence electrons. The van der Waals surface area contributed by atoms with E-state index in [0.29, 0.717) is 6.42 Å². The van der Waals surface area contributed by atoms with Gasteiger partial charge in [-0.05, 0) is 6.42 Å². The van der Waals surface area contributed by atoms with Crippen molar-refractivity contribution in [2.45, 2.75) is 20.3 Å². The van der Waals surface area contributed by atoms with E-state index in [9.17, 15) is 8.77 Å². The second-order valence-corrected chi connectivity index (χ2v) is 6.39. The Morgan fingerprint density at radius 1 is 1.50 bits per heavy atom. The van der Waals surface area contributed by atoms with E-state index >= 15 is 0 Å². The predicted octanol–water partition coefficient (Wildman–Crippen LogP) is 3.15. The molecule has 0 fully saturated rings. The van der Waals surface area contributed by atoms with Crippen LogP contribution in [-0.4, -0.2) is 21.5 Å². The first kappa shape index (κ1) is 18.9. The highest BCUT2D eigenvalue weighted by atomic mass is 35.5. The van der Waals surface area contributed by atoms with Crippen molar-refractivity contribution in [3.05, 3.63) is 11.1 Å². The Morgan fingerprint density at radius 2 is 1.94 bits per heavy atom. The summed E-state index contributed by atoms with van der Waals surface area (Å²) >= 11 is 7.95. The van der Waals surface area contributed by atoms with Gasteiger partial charge in [0, 0.05) is 5.75 Å². The maximum absolute atomic E-state index is 10.9. The summed E-state index contributed by atoms with van der Waals surface area (Å²) in [6, 6.07) is 0. The summed E-state index contributed by atoms with van der Waals surface area (Å²) in [6.07, 6.45) is 0.604. The molecule has 16 heavy (non-hydrogen) atoms. The van der Waals surface area contributed by atoms with Crippen LogP contribution in [0.1, 0.15) is 20.3 Å². The Labute approximate surface area is 108 Å². The fraction of sp³-hybridized carbons (Fsp3) is 0.714. The van der Waals surface area contributed by atoms with Crippen LogP contribution in [0.2, 0.25) is 0 Å². The van der Waals surface area contributed by atoms with E-state index in [2.05, 4.69) is 15.1 Å². The van der Waals surface area contributed by atoms with Crippen molar-refractivity contribution in [1.82, 2.24) is 0 Å². The monoisotopic (exact) mass is 312 g/mol. The standard InChI is InChI=1S/C5H13O5PS.C2H2Cl2/c1-3-5-9-11(6,7)10-12(8)4-2;1-2(3)4/h3-5H2,1-2H3,(H,6,7);1H2. The Balaban J connectivity index is 0. The molecule has 2 unspecified atom stereocenters. The molecule has 0 aliphatic carbocycles. The molecular weight excluding hydrogens is 298 g/mol. The summed E-state index contributed by atoms with van der Waals surface area (Å²) in [6.45, 7) is 6.57. The van der Waals surface area contributed by atoms with Crippen molar-refractivity contribution >= 4 is 42.1 Å². The first-order chi connectivity index (χ1) is 7.25. The highest BCUT2D eigenvalue weighted by Gasteiger charge is 2.23. The normalized spacial score (nSPS) is 15.6. The average molecular weight is 313 g/mol. The van der Waals surface area contributed by atoms with Gasteiger partial charge in [0.15, 0.2) is 11.1 Å². The Morgan fingerprint density at radius 3 is 2.25 bits per heavy atom. The lowest BCUT2D eigenvalue weighted by atomic mass is 10.5. The number of phosphoric acid groups is 1. The van der Waals surface area contributed by atoms with Gasteiger partial charge in [0.2, 0.25) is 0 Å². The minimum absolute atomic E-state index is 0.111. The van der Waals surface area contributed by atoms with Crippen LogP contribution >= 0.6 is 31.0 Å². The minimum Gasteiger partial charge on any atom is -0.302 e. The summed E-state index contributed by atoms with van der Waals surface area (Å²) in [5, 5.41) is 0. The molecule has 1 N–H and O–H groups in total. The van der Waals surface area contributed by atoms with Crippen LogP contribution in [-0.2, 0) is 24.1 Å². The van der Waals surface area contributed by atoms with Crippen molar-refractivity contribution in [2.24, 2.45) is 0 Å². The van der Waals surface area contributed by atoms with E-state index in [1.54, 1.807) is 13.8 Å². The molecule has 9 heteroatoms. The van der Waals surface area contributed by atoms with Gasteiger partial charge < -0.3 is 4.89 Å². The van der Waals surface area contributed by atoms with Gasteiger partial charge in [0.1, 0.15) is 0 Å². The molecule has 0 aliphatic heterocycles. The molecule has 0 spiro atoms. The molecule has 0 aromatic heterocycles. The second-order valence-electron chi connectivity index (χ2n) is 2.31. The van der Waals surface area contributed by atoms with Crippen LogP contribution in [0.4, 0.5) is 0 Å². The molecule has 0 bridgehead atoms. The van der Waals surface area contributed by atoms with Crippen LogP contribution in [0.15, 0.2) is 11.1 Å². The van der Waals surface area contributed by atoms with Crippen LogP contribution in [0, 0.1) is 0 Å². The highest BCUT2D eigenvalue weighted by molar-refractivity contribution is 7.84. The first-order valence-electron chi connectivity index (χ1n) is 4.30. The quantitative estimate of drug-likeness (QED) is 0.763. The average Bonchev–Trinajstić information content (AvgIpc) is 2.13. The van der Waals surface area contributed by atoms with E-state index in [1.807, 2.05) is 0 Å². The van der Waals surface area contributed by atoms with Gasteiger partial charge in [-0.3, -0.25) is 4.52 Å². The molecule has 0 radical (unpaired) electrons. The van der Waals surface area contributed by atoms with Gasteiger partial charge in [0.25, 0.3) is 0 Å². The fourth-order valence-electron chi connectivity index (χ4n) is 0.386. The van der Waals surface area contributed by atoms with E-state index < -0.39 is 18.9 Å². The number of halogens is 2. The maximum Gasteiger partial charge on any atom is 0.485 e. The van der Waals surface area contributed by atoms with Gasteiger partial charge in [-0.2, -0.15) is 3.97 Å². The van der Waals surface area contributed by atoms with E-state index in [1.165, 1.54) is 0 Å². The number of hydrogen-bond donors (Lipinski definition) is 1. The summed E-state index contributed by atoms with van der Waals surface area (Å²) in [4.78, 5) is 8.87. The van der Waals surface area contributed by atoms with Crippen LogP contribution < -0.4 is 0 Å². The zero-order valence-corrected chi connectivity index (χ0v) is 12.2. The zero-order valence-electron chi connectivity index (χ0n) is 9.02. The third kappa shape index (κ3) is 17.0. The third-order valence-corrected chi connectivity index (χ3v) is 3.27. The second kappa shape index (κ2) is 10.7. The summed E-state index contributed by atoms with van der Waals surface area (Å²) < 4.78 is 30.3. The largest absolute Gasteiger partial charge is 0.485 e. The lowest BCUT2D eigenvalue weighted by molar-refractivity contribution is 0.209.